The van der Waals surface area contributed by atoms with Crippen LogP contribution >= 0.6 is 11.3 Å². The van der Waals surface area contributed by atoms with E-state index in [9.17, 15) is 0 Å². The molecular formula is C12H13N5O2S. The van der Waals surface area contributed by atoms with Gasteiger partial charge >= 0.3 is 0 Å². The van der Waals surface area contributed by atoms with Crippen molar-refractivity contribution in [2.45, 2.75) is 20.1 Å². The Morgan fingerprint density at radius 3 is 3.20 bits per heavy atom. The molecule has 0 unspecified atom stereocenters. The van der Waals surface area contributed by atoms with Crippen molar-refractivity contribution >= 4 is 22.5 Å². The summed E-state index contributed by atoms with van der Waals surface area (Å²) in [6.07, 6.45) is 1.68. The fraction of sp³-hybridized carbons (Fsp3) is 0.333. The molecule has 0 saturated carbocycles. The van der Waals surface area contributed by atoms with E-state index in [-0.39, 0.29) is 0 Å². The number of nitrogens with zero attached hydrogens (tertiary/aromatic N) is 5. The SMILES string of the molecule is CCOCc1nc(COn2nnc3cccnc32)cs1. The van der Waals surface area contributed by atoms with Crippen molar-refractivity contribution in [2.75, 3.05) is 6.61 Å². The van der Waals surface area contributed by atoms with Crippen molar-refractivity contribution in [1.82, 2.24) is 25.1 Å². The molecule has 3 aromatic rings. The number of hydrogen-bond acceptors (Lipinski definition) is 7. The van der Waals surface area contributed by atoms with E-state index in [1.807, 2.05) is 24.4 Å². The monoisotopic (exact) mass is 291 g/mol. The first-order valence-electron chi connectivity index (χ1n) is 6.17. The molecule has 0 fully saturated rings. The molecule has 0 atom stereocenters. The van der Waals surface area contributed by atoms with E-state index in [4.69, 9.17) is 9.57 Å². The molecule has 0 aliphatic heterocycles. The van der Waals surface area contributed by atoms with Crippen LogP contribution in [0.15, 0.2) is 23.7 Å². The highest BCUT2D eigenvalue weighted by Gasteiger charge is 2.07. The summed E-state index contributed by atoms with van der Waals surface area (Å²) < 4.78 is 5.31. The van der Waals surface area contributed by atoms with Gasteiger partial charge in [-0.1, -0.05) is 4.85 Å². The number of ether oxygens (including phenoxy) is 1. The summed E-state index contributed by atoms with van der Waals surface area (Å²) in [6, 6.07) is 3.64. The second kappa shape index (κ2) is 5.93. The van der Waals surface area contributed by atoms with Crippen LogP contribution in [-0.4, -0.2) is 31.7 Å². The second-order valence-electron chi connectivity index (χ2n) is 3.95. The number of hydrogen-bond donors (Lipinski definition) is 0. The largest absolute Gasteiger partial charge is 0.387 e. The first kappa shape index (κ1) is 12.9. The number of fused-ring (bicyclic) bond motifs is 1. The van der Waals surface area contributed by atoms with E-state index >= 15 is 0 Å². The third kappa shape index (κ3) is 2.75. The first-order chi connectivity index (χ1) is 9.86. The van der Waals surface area contributed by atoms with Gasteiger partial charge < -0.3 is 9.57 Å². The maximum absolute atomic E-state index is 5.55. The molecule has 20 heavy (non-hydrogen) atoms. The summed E-state index contributed by atoms with van der Waals surface area (Å²) in [6.45, 7) is 3.50. The van der Waals surface area contributed by atoms with Gasteiger partial charge in [-0.3, -0.25) is 0 Å². The van der Waals surface area contributed by atoms with E-state index in [0.717, 1.165) is 10.7 Å². The Labute approximate surface area is 119 Å². The van der Waals surface area contributed by atoms with Crippen molar-refractivity contribution < 1.29 is 9.57 Å². The van der Waals surface area contributed by atoms with Crippen LogP contribution in [0.1, 0.15) is 17.6 Å². The van der Waals surface area contributed by atoms with Crippen LogP contribution in [0.2, 0.25) is 0 Å². The van der Waals surface area contributed by atoms with Gasteiger partial charge in [0.05, 0.1) is 12.3 Å². The minimum absolute atomic E-state index is 0.317. The Hall–Kier alpha value is -2.06. The van der Waals surface area contributed by atoms with Crippen LogP contribution in [0.3, 0.4) is 0 Å². The van der Waals surface area contributed by atoms with Crippen molar-refractivity contribution in [1.29, 1.82) is 0 Å². The topological polar surface area (TPSA) is 75.0 Å². The molecular weight excluding hydrogens is 278 g/mol. The third-order valence-corrected chi connectivity index (χ3v) is 3.42. The molecule has 3 aromatic heterocycles. The molecule has 0 aromatic carbocycles. The van der Waals surface area contributed by atoms with Crippen molar-refractivity contribution in [3.8, 4) is 0 Å². The van der Waals surface area contributed by atoms with Crippen LogP contribution in [0.4, 0.5) is 0 Å². The van der Waals surface area contributed by atoms with Crippen molar-refractivity contribution in [3.05, 3.63) is 34.4 Å². The summed E-state index contributed by atoms with van der Waals surface area (Å²) in [5.74, 6) is 0. The number of aromatic nitrogens is 5. The van der Waals surface area contributed by atoms with Crippen LogP contribution in [0.25, 0.3) is 11.2 Å². The molecule has 0 bridgehead atoms. The molecule has 0 saturated heterocycles. The van der Waals surface area contributed by atoms with Gasteiger partial charge in [0.1, 0.15) is 10.5 Å². The van der Waals surface area contributed by atoms with Crippen LogP contribution in [-0.2, 0) is 18.0 Å². The van der Waals surface area contributed by atoms with E-state index in [1.165, 1.54) is 4.85 Å². The molecule has 0 spiro atoms. The minimum atomic E-state index is 0.317. The lowest BCUT2D eigenvalue weighted by Crippen LogP contribution is -2.13. The zero-order valence-corrected chi connectivity index (χ0v) is 11.7. The predicted octanol–water partition coefficient (Wildman–Crippen LogP) is 1.45. The lowest BCUT2D eigenvalue weighted by Gasteiger charge is -2.02. The van der Waals surface area contributed by atoms with Gasteiger partial charge in [0.15, 0.2) is 6.61 Å². The fourth-order valence-electron chi connectivity index (χ4n) is 1.63. The van der Waals surface area contributed by atoms with Gasteiger partial charge in [0.2, 0.25) is 5.65 Å². The maximum Gasteiger partial charge on any atom is 0.219 e. The van der Waals surface area contributed by atoms with E-state index in [2.05, 4.69) is 20.3 Å². The van der Waals surface area contributed by atoms with E-state index < -0.39 is 0 Å². The Balaban J connectivity index is 1.65. The van der Waals surface area contributed by atoms with Gasteiger partial charge in [0, 0.05) is 18.2 Å². The normalized spacial score (nSPS) is 11.1. The van der Waals surface area contributed by atoms with Gasteiger partial charge in [-0.2, -0.15) is 0 Å². The van der Waals surface area contributed by atoms with E-state index in [0.29, 0.717) is 31.0 Å². The molecule has 0 amide bonds. The molecule has 7 nitrogen and oxygen atoms in total. The van der Waals surface area contributed by atoms with Crippen molar-refractivity contribution in [2.24, 2.45) is 0 Å². The average molecular weight is 291 g/mol. The minimum Gasteiger partial charge on any atom is -0.387 e. The molecule has 0 radical (unpaired) electrons. The first-order valence-corrected chi connectivity index (χ1v) is 7.05. The fourth-order valence-corrected chi connectivity index (χ4v) is 2.34. The van der Waals surface area contributed by atoms with Gasteiger partial charge in [-0.25, -0.2) is 9.97 Å². The predicted molar refractivity (Wildman–Crippen MR) is 73.1 cm³/mol. The van der Waals surface area contributed by atoms with Crippen molar-refractivity contribution in [3.63, 3.8) is 0 Å². The number of rotatable bonds is 6. The Kier molecular flexibility index (Phi) is 3.84. The smallest absolute Gasteiger partial charge is 0.219 e. The third-order valence-electron chi connectivity index (χ3n) is 2.54. The highest BCUT2D eigenvalue weighted by atomic mass is 32.1. The van der Waals surface area contributed by atoms with Crippen LogP contribution in [0, 0.1) is 0 Å². The molecule has 0 aliphatic carbocycles. The summed E-state index contributed by atoms with van der Waals surface area (Å²) >= 11 is 1.55. The summed E-state index contributed by atoms with van der Waals surface area (Å²) in [4.78, 5) is 15.5. The molecule has 0 aliphatic rings. The number of pyridine rings is 1. The summed E-state index contributed by atoms with van der Waals surface area (Å²) in [5.41, 5.74) is 2.13. The average Bonchev–Trinajstić information content (AvgIpc) is 3.10. The maximum atomic E-state index is 5.55. The number of thiazole rings is 1. The zero-order chi connectivity index (χ0) is 13.8. The quantitative estimate of drug-likeness (QED) is 0.684. The van der Waals surface area contributed by atoms with Gasteiger partial charge in [0.25, 0.3) is 0 Å². The Bertz CT molecular complexity index is 696. The lowest BCUT2D eigenvalue weighted by molar-refractivity contribution is 0.0718. The lowest BCUT2D eigenvalue weighted by atomic mass is 10.4. The standard InChI is InChI=1S/C12H13N5O2S/c1-2-18-7-11-14-9(8-20-11)6-19-17-12-10(15-16-17)4-3-5-13-12/h3-5,8H,2,6-7H2,1H3. The zero-order valence-electron chi connectivity index (χ0n) is 10.9. The highest BCUT2D eigenvalue weighted by molar-refractivity contribution is 7.09. The molecule has 8 heteroatoms. The van der Waals surface area contributed by atoms with Crippen LogP contribution < -0.4 is 4.84 Å². The second-order valence-corrected chi connectivity index (χ2v) is 4.89. The Morgan fingerprint density at radius 2 is 2.30 bits per heavy atom. The summed E-state index contributed by atoms with van der Waals surface area (Å²) in [5, 5.41) is 10.7. The molecule has 3 heterocycles. The van der Waals surface area contributed by atoms with Gasteiger partial charge in [-0.15, -0.1) is 16.4 Å². The van der Waals surface area contributed by atoms with Crippen LogP contribution in [0.5, 0.6) is 0 Å². The molecule has 0 N–H and O–H groups in total. The Morgan fingerprint density at radius 1 is 1.35 bits per heavy atom. The van der Waals surface area contributed by atoms with Gasteiger partial charge in [-0.05, 0) is 24.3 Å². The molecule has 104 valence electrons. The van der Waals surface area contributed by atoms with E-state index in [1.54, 1.807) is 17.5 Å². The molecule has 3 rings (SSSR count). The summed E-state index contributed by atoms with van der Waals surface area (Å²) in [7, 11) is 0. The highest BCUT2D eigenvalue weighted by Crippen LogP contribution is 2.12.